The molecule has 102 valence electrons. The van der Waals surface area contributed by atoms with Crippen molar-refractivity contribution in [2.75, 3.05) is 13.1 Å². The number of benzene rings is 1. The van der Waals surface area contributed by atoms with Crippen LogP contribution in [-0.2, 0) is 0 Å². The Hall–Kier alpha value is -1.95. The summed E-state index contributed by atoms with van der Waals surface area (Å²) in [5, 5.41) is 16.9. The zero-order valence-electron chi connectivity index (χ0n) is 10.8. The van der Waals surface area contributed by atoms with Crippen LogP contribution in [0.2, 0.25) is 0 Å². The number of nitro benzene ring substituents is 1. The van der Waals surface area contributed by atoms with Gasteiger partial charge in [0.15, 0.2) is 0 Å². The van der Waals surface area contributed by atoms with E-state index in [2.05, 4.69) is 10.6 Å². The van der Waals surface area contributed by atoms with Crippen LogP contribution in [0.5, 0.6) is 0 Å². The standard InChI is InChI=1S/C13H17N3O3/c1-9-4-5-11(16(18)19)7-12(9)13(17)15-10-3-2-6-14-8-10/h4-5,7,10,14H,2-3,6,8H2,1H3,(H,15,17)/t10-/m1/s1. The summed E-state index contributed by atoms with van der Waals surface area (Å²) < 4.78 is 0. The van der Waals surface area contributed by atoms with Crippen molar-refractivity contribution in [1.29, 1.82) is 0 Å². The average Bonchev–Trinajstić information content (AvgIpc) is 2.40. The van der Waals surface area contributed by atoms with Crippen LogP contribution in [0, 0.1) is 17.0 Å². The normalized spacial score (nSPS) is 18.9. The quantitative estimate of drug-likeness (QED) is 0.637. The van der Waals surface area contributed by atoms with Crippen molar-refractivity contribution in [2.24, 2.45) is 0 Å². The van der Waals surface area contributed by atoms with Gasteiger partial charge in [-0.1, -0.05) is 6.07 Å². The van der Waals surface area contributed by atoms with Crippen molar-refractivity contribution >= 4 is 11.6 Å². The lowest BCUT2D eigenvalue weighted by atomic mass is 10.0. The monoisotopic (exact) mass is 263 g/mol. The first-order chi connectivity index (χ1) is 9.08. The third-order valence-electron chi connectivity index (χ3n) is 3.31. The predicted molar refractivity (Wildman–Crippen MR) is 71.2 cm³/mol. The first-order valence-corrected chi connectivity index (χ1v) is 6.34. The molecule has 1 aromatic carbocycles. The third-order valence-corrected chi connectivity index (χ3v) is 3.31. The first kappa shape index (κ1) is 13.5. The van der Waals surface area contributed by atoms with E-state index in [4.69, 9.17) is 0 Å². The molecule has 1 heterocycles. The minimum absolute atomic E-state index is 0.0579. The molecule has 0 aliphatic carbocycles. The van der Waals surface area contributed by atoms with Crippen molar-refractivity contribution in [3.8, 4) is 0 Å². The van der Waals surface area contributed by atoms with Gasteiger partial charge in [0.05, 0.1) is 4.92 Å². The van der Waals surface area contributed by atoms with E-state index in [1.807, 2.05) is 0 Å². The summed E-state index contributed by atoms with van der Waals surface area (Å²) in [7, 11) is 0. The Balaban J connectivity index is 2.13. The highest BCUT2D eigenvalue weighted by molar-refractivity contribution is 5.96. The summed E-state index contributed by atoms with van der Waals surface area (Å²) in [6.45, 7) is 3.50. The minimum Gasteiger partial charge on any atom is -0.348 e. The van der Waals surface area contributed by atoms with E-state index in [0.717, 1.165) is 31.5 Å². The fourth-order valence-corrected chi connectivity index (χ4v) is 2.21. The fraction of sp³-hybridized carbons (Fsp3) is 0.462. The van der Waals surface area contributed by atoms with Gasteiger partial charge in [0.1, 0.15) is 0 Å². The Labute approximate surface area is 111 Å². The number of piperidine rings is 1. The molecule has 0 saturated carbocycles. The smallest absolute Gasteiger partial charge is 0.270 e. The molecule has 6 heteroatoms. The molecule has 1 aliphatic rings. The maximum atomic E-state index is 12.1. The second-order valence-electron chi connectivity index (χ2n) is 4.77. The van der Waals surface area contributed by atoms with E-state index in [1.165, 1.54) is 12.1 Å². The second-order valence-corrected chi connectivity index (χ2v) is 4.77. The second kappa shape index (κ2) is 5.79. The number of nitro groups is 1. The van der Waals surface area contributed by atoms with Crippen LogP contribution in [0.3, 0.4) is 0 Å². The molecule has 19 heavy (non-hydrogen) atoms. The van der Waals surface area contributed by atoms with Gasteiger partial charge in [-0.05, 0) is 31.9 Å². The highest BCUT2D eigenvalue weighted by atomic mass is 16.6. The number of hydrogen-bond donors (Lipinski definition) is 2. The highest BCUT2D eigenvalue weighted by Crippen LogP contribution is 2.17. The van der Waals surface area contributed by atoms with Crippen LogP contribution < -0.4 is 10.6 Å². The number of carbonyl (C=O) groups is 1. The van der Waals surface area contributed by atoms with Crippen LogP contribution in [0.1, 0.15) is 28.8 Å². The molecule has 2 rings (SSSR count). The van der Waals surface area contributed by atoms with Crippen molar-refractivity contribution in [2.45, 2.75) is 25.8 Å². The number of rotatable bonds is 3. The number of nitrogens with zero attached hydrogens (tertiary/aromatic N) is 1. The summed E-state index contributed by atoms with van der Waals surface area (Å²) in [4.78, 5) is 22.4. The van der Waals surface area contributed by atoms with Crippen LogP contribution in [0.15, 0.2) is 18.2 Å². The molecule has 1 saturated heterocycles. The number of nitrogens with one attached hydrogen (secondary N) is 2. The Morgan fingerprint density at radius 2 is 2.32 bits per heavy atom. The van der Waals surface area contributed by atoms with Gasteiger partial charge in [0.2, 0.25) is 0 Å². The molecule has 1 amide bonds. The lowest BCUT2D eigenvalue weighted by molar-refractivity contribution is -0.384. The predicted octanol–water partition coefficient (Wildman–Crippen LogP) is 1.39. The van der Waals surface area contributed by atoms with E-state index in [0.29, 0.717) is 5.56 Å². The van der Waals surface area contributed by atoms with Crippen LogP contribution in [-0.4, -0.2) is 30.0 Å². The van der Waals surface area contributed by atoms with Crippen molar-refractivity contribution in [3.63, 3.8) is 0 Å². The van der Waals surface area contributed by atoms with Crippen molar-refractivity contribution < 1.29 is 9.72 Å². The van der Waals surface area contributed by atoms with Gasteiger partial charge in [-0.2, -0.15) is 0 Å². The summed E-state index contributed by atoms with van der Waals surface area (Å²) in [6.07, 6.45) is 1.96. The van der Waals surface area contributed by atoms with Gasteiger partial charge in [-0.3, -0.25) is 14.9 Å². The lowest BCUT2D eigenvalue weighted by Gasteiger charge is -2.24. The van der Waals surface area contributed by atoms with Gasteiger partial charge >= 0.3 is 0 Å². The van der Waals surface area contributed by atoms with E-state index in [-0.39, 0.29) is 17.6 Å². The molecule has 0 spiro atoms. The first-order valence-electron chi connectivity index (χ1n) is 6.34. The maximum Gasteiger partial charge on any atom is 0.270 e. The molecular weight excluding hydrogens is 246 g/mol. The maximum absolute atomic E-state index is 12.1. The van der Waals surface area contributed by atoms with Gasteiger partial charge in [0.25, 0.3) is 11.6 Å². The average molecular weight is 263 g/mol. The largest absolute Gasteiger partial charge is 0.348 e. The summed E-state index contributed by atoms with van der Waals surface area (Å²) in [6, 6.07) is 4.45. The zero-order valence-corrected chi connectivity index (χ0v) is 10.8. The summed E-state index contributed by atoms with van der Waals surface area (Å²) in [5.74, 6) is -0.241. The number of amides is 1. The van der Waals surface area contributed by atoms with Gasteiger partial charge < -0.3 is 10.6 Å². The van der Waals surface area contributed by atoms with Crippen molar-refractivity contribution in [3.05, 3.63) is 39.4 Å². The summed E-state index contributed by atoms with van der Waals surface area (Å²) in [5.41, 5.74) is 1.06. The van der Waals surface area contributed by atoms with Crippen LogP contribution in [0.4, 0.5) is 5.69 Å². The van der Waals surface area contributed by atoms with E-state index in [1.54, 1.807) is 13.0 Å². The lowest BCUT2D eigenvalue weighted by Crippen LogP contribution is -2.45. The number of carbonyl (C=O) groups excluding carboxylic acids is 1. The van der Waals surface area contributed by atoms with Gasteiger partial charge in [-0.15, -0.1) is 0 Å². The molecule has 1 aliphatic heterocycles. The summed E-state index contributed by atoms with van der Waals surface area (Å²) >= 11 is 0. The van der Waals surface area contributed by atoms with Gasteiger partial charge in [-0.25, -0.2) is 0 Å². The number of hydrogen-bond acceptors (Lipinski definition) is 4. The number of aryl methyl sites for hydroxylation is 1. The fourth-order valence-electron chi connectivity index (χ4n) is 2.21. The number of non-ortho nitro benzene ring substituents is 1. The molecule has 2 N–H and O–H groups in total. The molecular formula is C13H17N3O3. The Kier molecular flexibility index (Phi) is 4.11. The highest BCUT2D eigenvalue weighted by Gasteiger charge is 2.19. The molecule has 0 aromatic heterocycles. The van der Waals surface area contributed by atoms with E-state index >= 15 is 0 Å². The van der Waals surface area contributed by atoms with E-state index in [9.17, 15) is 14.9 Å². The zero-order chi connectivity index (χ0) is 13.8. The van der Waals surface area contributed by atoms with Crippen LogP contribution >= 0.6 is 0 Å². The molecule has 6 nitrogen and oxygen atoms in total. The molecule has 0 bridgehead atoms. The minimum atomic E-state index is -0.488. The van der Waals surface area contributed by atoms with Gasteiger partial charge in [0, 0.05) is 30.3 Å². The molecule has 0 radical (unpaired) electrons. The molecule has 1 aromatic rings. The molecule has 1 fully saturated rings. The molecule has 1 atom stereocenters. The molecule has 0 unspecified atom stereocenters. The third kappa shape index (κ3) is 3.29. The van der Waals surface area contributed by atoms with E-state index < -0.39 is 4.92 Å². The van der Waals surface area contributed by atoms with Crippen molar-refractivity contribution in [1.82, 2.24) is 10.6 Å². The Bertz CT molecular complexity index is 496. The topological polar surface area (TPSA) is 84.3 Å². The SMILES string of the molecule is Cc1ccc([N+](=O)[O-])cc1C(=O)N[C@@H]1CCCNC1. The Morgan fingerprint density at radius 1 is 1.53 bits per heavy atom. The Morgan fingerprint density at radius 3 is 2.95 bits per heavy atom. The van der Waals surface area contributed by atoms with Crippen LogP contribution in [0.25, 0.3) is 0 Å².